The number of nitrogens with one attached hydrogen (secondary N) is 1. The summed E-state index contributed by atoms with van der Waals surface area (Å²) >= 11 is 0. The van der Waals surface area contributed by atoms with Crippen molar-refractivity contribution < 1.29 is 18.8 Å². The number of hydrogen-bond acceptors (Lipinski definition) is 6. The van der Waals surface area contributed by atoms with Crippen molar-refractivity contribution in [2.75, 3.05) is 6.61 Å². The van der Waals surface area contributed by atoms with E-state index in [0.717, 1.165) is 5.56 Å². The van der Waals surface area contributed by atoms with E-state index in [4.69, 9.17) is 14.0 Å². The van der Waals surface area contributed by atoms with Crippen LogP contribution in [0.15, 0.2) is 27.5 Å². The van der Waals surface area contributed by atoms with E-state index < -0.39 is 0 Å². The zero-order chi connectivity index (χ0) is 13.7. The molecule has 7 heteroatoms. The maximum Gasteiger partial charge on any atom is 0.227 e. The lowest BCUT2D eigenvalue weighted by atomic mass is 10.2. The van der Waals surface area contributed by atoms with Gasteiger partial charge in [0.05, 0.1) is 18.4 Å². The Morgan fingerprint density at radius 2 is 2.42 bits per heavy atom. The maximum absolute atomic E-state index is 11.5. The summed E-state index contributed by atoms with van der Waals surface area (Å²) in [6.07, 6.45) is 3.63. The molecule has 2 aromatic rings. The molecule has 0 aliphatic rings. The van der Waals surface area contributed by atoms with Crippen LogP contribution < -0.4 is 5.32 Å². The van der Waals surface area contributed by atoms with Crippen LogP contribution in [0.2, 0.25) is 0 Å². The van der Waals surface area contributed by atoms with Gasteiger partial charge in [-0.05, 0) is 13.0 Å². The molecule has 19 heavy (non-hydrogen) atoms. The first-order chi connectivity index (χ1) is 9.19. The molecule has 0 radical (unpaired) electrons. The van der Waals surface area contributed by atoms with Crippen LogP contribution in [-0.2, 0) is 11.2 Å². The van der Waals surface area contributed by atoms with Crippen molar-refractivity contribution in [3.05, 3.63) is 24.5 Å². The van der Waals surface area contributed by atoms with Crippen LogP contribution in [0.25, 0.3) is 11.4 Å². The van der Waals surface area contributed by atoms with E-state index in [2.05, 4.69) is 15.5 Å². The normalized spacial score (nSPS) is 12.3. The minimum Gasteiger partial charge on any atom is -0.472 e. The Morgan fingerprint density at radius 3 is 3.11 bits per heavy atom. The third-order valence-corrected chi connectivity index (χ3v) is 2.49. The van der Waals surface area contributed by atoms with E-state index in [1.54, 1.807) is 13.0 Å². The van der Waals surface area contributed by atoms with Crippen LogP contribution in [0.1, 0.15) is 19.2 Å². The lowest BCUT2D eigenvalue weighted by Gasteiger charge is -2.09. The Bertz CT molecular complexity index is 521. The van der Waals surface area contributed by atoms with E-state index in [0.29, 0.717) is 18.1 Å². The standard InChI is InChI=1S/C12H15N3O4/c1-8(6-16)13-10(17)2-3-11-14-12(15-19-11)9-4-5-18-7-9/h4-5,7-8,16H,2-3,6H2,1H3,(H,13,17). The zero-order valence-corrected chi connectivity index (χ0v) is 10.5. The molecule has 2 heterocycles. The van der Waals surface area contributed by atoms with Crippen LogP contribution in [0.3, 0.4) is 0 Å². The molecule has 2 N–H and O–H groups in total. The zero-order valence-electron chi connectivity index (χ0n) is 10.5. The van der Waals surface area contributed by atoms with Gasteiger partial charge in [-0.3, -0.25) is 4.79 Å². The summed E-state index contributed by atoms with van der Waals surface area (Å²) in [6, 6.07) is 1.47. The summed E-state index contributed by atoms with van der Waals surface area (Å²) < 4.78 is 9.96. The Hall–Kier alpha value is -2.15. The van der Waals surface area contributed by atoms with Gasteiger partial charge in [0.15, 0.2) is 0 Å². The summed E-state index contributed by atoms with van der Waals surface area (Å²) in [4.78, 5) is 15.7. The van der Waals surface area contributed by atoms with E-state index in [1.165, 1.54) is 12.5 Å². The van der Waals surface area contributed by atoms with Crippen LogP contribution in [0.5, 0.6) is 0 Å². The fraction of sp³-hybridized carbons (Fsp3) is 0.417. The Labute approximate surface area is 109 Å². The average Bonchev–Trinajstić information content (AvgIpc) is 3.06. The van der Waals surface area contributed by atoms with E-state index in [1.807, 2.05) is 0 Å². The average molecular weight is 265 g/mol. The van der Waals surface area contributed by atoms with Crippen LogP contribution in [-0.4, -0.2) is 33.8 Å². The highest BCUT2D eigenvalue weighted by Gasteiger charge is 2.12. The highest BCUT2D eigenvalue weighted by atomic mass is 16.5. The van der Waals surface area contributed by atoms with Crippen molar-refractivity contribution in [3.63, 3.8) is 0 Å². The number of aliphatic hydroxyl groups is 1. The quantitative estimate of drug-likeness (QED) is 0.799. The molecule has 0 fully saturated rings. The van der Waals surface area contributed by atoms with E-state index >= 15 is 0 Å². The Balaban J connectivity index is 1.85. The lowest BCUT2D eigenvalue weighted by molar-refractivity contribution is -0.122. The third-order valence-electron chi connectivity index (χ3n) is 2.49. The van der Waals surface area contributed by atoms with Crippen molar-refractivity contribution in [3.8, 4) is 11.4 Å². The third kappa shape index (κ3) is 3.65. The Morgan fingerprint density at radius 1 is 1.58 bits per heavy atom. The molecule has 0 saturated heterocycles. The van der Waals surface area contributed by atoms with E-state index in [-0.39, 0.29) is 25.0 Å². The number of hydrogen-bond donors (Lipinski definition) is 2. The summed E-state index contributed by atoms with van der Waals surface area (Å²) in [5, 5.41) is 15.2. The molecular formula is C12H15N3O4. The molecule has 2 aromatic heterocycles. The van der Waals surface area contributed by atoms with Crippen LogP contribution >= 0.6 is 0 Å². The number of carbonyl (C=O) groups excluding carboxylic acids is 1. The largest absolute Gasteiger partial charge is 0.472 e. The Kier molecular flexibility index (Phi) is 4.30. The fourth-order valence-electron chi connectivity index (χ4n) is 1.48. The molecular weight excluding hydrogens is 250 g/mol. The predicted octanol–water partition coefficient (Wildman–Crippen LogP) is 0.759. The highest BCUT2D eigenvalue weighted by molar-refractivity contribution is 5.76. The highest BCUT2D eigenvalue weighted by Crippen LogP contribution is 2.16. The summed E-state index contributed by atoms with van der Waals surface area (Å²) in [5.74, 6) is 0.667. The minimum atomic E-state index is -0.253. The number of furan rings is 1. The molecule has 0 aliphatic heterocycles. The number of aromatic nitrogens is 2. The molecule has 0 aromatic carbocycles. The molecule has 2 rings (SSSR count). The first kappa shape index (κ1) is 13.3. The van der Waals surface area contributed by atoms with Gasteiger partial charge in [-0.2, -0.15) is 4.98 Å². The fourth-order valence-corrected chi connectivity index (χ4v) is 1.48. The molecule has 0 spiro atoms. The van der Waals surface area contributed by atoms with Crippen molar-refractivity contribution in [1.82, 2.24) is 15.5 Å². The number of amides is 1. The molecule has 102 valence electrons. The van der Waals surface area contributed by atoms with Crippen LogP contribution in [0.4, 0.5) is 0 Å². The van der Waals surface area contributed by atoms with E-state index in [9.17, 15) is 4.79 Å². The number of rotatable bonds is 6. The summed E-state index contributed by atoms with van der Waals surface area (Å²) in [5.41, 5.74) is 0.730. The van der Waals surface area contributed by atoms with Gasteiger partial charge in [0.1, 0.15) is 6.26 Å². The van der Waals surface area contributed by atoms with Gasteiger partial charge in [0.25, 0.3) is 0 Å². The monoisotopic (exact) mass is 265 g/mol. The minimum absolute atomic E-state index is 0.0864. The summed E-state index contributed by atoms with van der Waals surface area (Å²) in [7, 11) is 0. The number of aryl methyl sites for hydroxylation is 1. The van der Waals surface area contributed by atoms with Gasteiger partial charge in [0.2, 0.25) is 17.6 Å². The topological polar surface area (TPSA) is 101 Å². The maximum atomic E-state index is 11.5. The van der Waals surface area contributed by atoms with Gasteiger partial charge < -0.3 is 19.4 Å². The van der Waals surface area contributed by atoms with Gasteiger partial charge in [-0.1, -0.05) is 5.16 Å². The van der Waals surface area contributed by atoms with Gasteiger partial charge in [-0.15, -0.1) is 0 Å². The van der Waals surface area contributed by atoms with Crippen molar-refractivity contribution in [1.29, 1.82) is 0 Å². The first-order valence-electron chi connectivity index (χ1n) is 5.94. The molecule has 1 amide bonds. The smallest absolute Gasteiger partial charge is 0.227 e. The van der Waals surface area contributed by atoms with Crippen molar-refractivity contribution >= 4 is 5.91 Å². The second kappa shape index (κ2) is 6.14. The number of carbonyl (C=O) groups is 1. The molecule has 1 unspecified atom stereocenters. The van der Waals surface area contributed by atoms with Crippen LogP contribution in [0, 0.1) is 0 Å². The second-order valence-corrected chi connectivity index (χ2v) is 4.17. The molecule has 0 aliphatic carbocycles. The molecule has 1 atom stereocenters. The van der Waals surface area contributed by atoms with Gasteiger partial charge >= 0.3 is 0 Å². The second-order valence-electron chi connectivity index (χ2n) is 4.17. The van der Waals surface area contributed by atoms with Gasteiger partial charge in [0, 0.05) is 18.9 Å². The number of nitrogens with zero attached hydrogens (tertiary/aromatic N) is 2. The van der Waals surface area contributed by atoms with Crippen molar-refractivity contribution in [2.24, 2.45) is 0 Å². The molecule has 0 bridgehead atoms. The molecule has 0 saturated carbocycles. The summed E-state index contributed by atoms with van der Waals surface area (Å²) in [6.45, 7) is 1.64. The predicted molar refractivity (Wildman–Crippen MR) is 65.0 cm³/mol. The first-order valence-corrected chi connectivity index (χ1v) is 5.94. The SMILES string of the molecule is CC(CO)NC(=O)CCc1nc(-c2ccoc2)no1. The van der Waals surface area contributed by atoms with Gasteiger partial charge in [-0.25, -0.2) is 0 Å². The number of aliphatic hydroxyl groups excluding tert-OH is 1. The molecule has 7 nitrogen and oxygen atoms in total. The van der Waals surface area contributed by atoms with Crippen molar-refractivity contribution in [2.45, 2.75) is 25.8 Å². The lowest BCUT2D eigenvalue weighted by Crippen LogP contribution is -2.35.